The summed E-state index contributed by atoms with van der Waals surface area (Å²) >= 11 is 0. The van der Waals surface area contributed by atoms with E-state index in [2.05, 4.69) is 76.7 Å². The second-order valence-electron chi connectivity index (χ2n) is 14.4. The minimum absolute atomic E-state index is 0.0358. The van der Waals surface area contributed by atoms with E-state index >= 15 is 0 Å². The summed E-state index contributed by atoms with van der Waals surface area (Å²) in [5, 5.41) is 19.3. The summed E-state index contributed by atoms with van der Waals surface area (Å²) < 4.78 is 47.7. The number of rotatable bonds is 40. The van der Waals surface area contributed by atoms with Crippen molar-refractivity contribution in [3.63, 3.8) is 0 Å². The van der Waals surface area contributed by atoms with Gasteiger partial charge < -0.3 is 34.4 Å². The van der Waals surface area contributed by atoms with E-state index in [1.165, 1.54) is 19.3 Å². The van der Waals surface area contributed by atoms with Crippen LogP contribution in [0.5, 0.6) is 0 Å². The topological polar surface area (TPSA) is 216 Å². The van der Waals surface area contributed by atoms with E-state index in [-0.39, 0.29) is 18.9 Å². The fourth-order valence-corrected chi connectivity index (χ4v) is 6.39. The van der Waals surface area contributed by atoms with Crippen LogP contribution in [0.2, 0.25) is 0 Å². The molecule has 14 nitrogen and oxygen atoms in total. The van der Waals surface area contributed by atoms with Crippen molar-refractivity contribution < 1.29 is 66.7 Å². The lowest BCUT2D eigenvalue weighted by Crippen LogP contribution is -2.29. The molecule has 0 aromatic rings. The Hall–Kier alpha value is -2.48. The van der Waals surface area contributed by atoms with E-state index in [0.29, 0.717) is 19.3 Å². The first-order chi connectivity index (χ1) is 28.8. The summed E-state index contributed by atoms with van der Waals surface area (Å²) in [5.74, 6) is -1.14. The van der Waals surface area contributed by atoms with Gasteiger partial charge in [0, 0.05) is 12.8 Å². The Morgan fingerprint density at radius 3 is 1.55 bits per heavy atom. The van der Waals surface area contributed by atoms with Crippen molar-refractivity contribution in [3.05, 3.63) is 72.9 Å². The molecule has 0 radical (unpaired) electrons. The second kappa shape index (κ2) is 39.4. The van der Waals surface area contributed by atoms with Crippen LogP contribution in [0.15, 0.2) is 72.9 Å². The van der Waals surface area contributed by atoms with Crippen LogP contribution in [0.1, 0.15) is 149 Å². The third kappa shape index (κ3) is 42.2. The molecule has 0 rings (SSSR count). The number of carbonyl (C=O) groups is 2. The Morgan fingerprint density at radius 1 is 0.517 bits per heavy atom. The van der Waals surface area contributed by atoms with E-state index in [0.717, 1.165) is 83.5 Å². The number of phosphoric acid groups is 2. The molecule has 0 heterocycles. The molecule has 0 saturated heterocycles. The molecule has 346 valence electrons. The van der Waals surface area contributed by atoms with Crippen molar-refractivity contribution in [1.29, 1.82) is 0 Å². The van der Waals surface area contributed by atoms with Gasteiger partial charge in [-0.05, 0) is 89.9 Å². The SMILES string of the molecule is CCCCC/C=C\C/C=C\CCCCCCCC(=O)OC[C@H](COP(=O)(O)OC[C@@H](O)COP(=O)(O)O)OC(=O)CCC/C=C\C/C=C\C/C=C\C/C=C\CC[C@H](O)CC. The summed E-state index contributed by atoms with van der Waals surface area (Å²) in [7, 11) is -9.71. The molecule has 0 aliphatic rings. The van der Waals surface area contributed by atoms with Crippen molar-refractivity contribution in [3.8, 4) is 0 Å². The maximum absolute atomic E-state index is 12.6. The Balaban J connectivity index is 4.67. The zero-order chi connectivity index (χ0) is 44.6. The monoisotopic (exact) mass is 890 g/mol. The Labute approximate surface area is 359 Å². The van der Waals surface area contributed by atoms with E-state index < -0.39 is 66.2 Å². The van der Waals surface area contributed by atoms with Gasteiger partial charge in [0.15, 0.2) is 6.10 Å². The molecule has 0 amide bonds. The first kappa shape index (κ1) is 57.5. The molecule has 60 heavy (non-hydrogen) atoms. The number of ether oxygens (including phenoxy) is 2. The average molecular weight is 891 g/mol. The highest BCUT2D eigenvalue weighted by molar-refractivity contribution is 7.47. The molecule has 0 aromatic heterocycles. The zero-order valence-electron chi connectivity index (χ0n) is 36.1. The summed E-state index contributed by atoms with van der Waals surface area (Å²) in [6.07, 6.45) is 39.8. The normalized spacial score (nSPS) is 15.2. The van der Waals surface area contributed by atoms with E-state index in [4.69, 9.17) is 23.8 Å². The van der Waals surface area contributed by atoms with E-state index in [9.17, 15) is 33.8 Å². The molecule has 0 aliphatic carbocycles. The lowest BCUT2D eigenvalue weighted by Gasteiger charge is -2.20. The molecule has 0 fully saturated rings. The molecular weight excluding hydrogens is 814 g/mol. The maximum Gasteiger partial charge on any atom is 0.472 e. The number of carbonyl (C=O) groups excluding carboxylic acids is 2. The summed E-state index contributed by atoms with van der Waals surface area (Å²) in [5.41, 5.74) is 0. The highest BCUT2D eigenvalue weighted by atomic mass is 31.2. The Kier molecular flexibility index (Phi) is 37.7. The molecule has 16 heteroatoms. The van der Waals surface area contributed by atoms with Gasteiger partial charge in [0.05, 0.1) is 25.9 Å². The molecule has 0 bridgehead atoms. The summed E-state index contributed by atoms with van der Waals surface area (Å²) in [6, 6.07) is 0. The molecule has 0 saturated carbocycles. The van der Waals surface area contributed by atoms with Crippen molar-refractivity contribution in [2.75, 3.05) is 26.4 Å². The smallest absolute Gasteiger partial charge is 0.462 e. The van der Waals surface area contributed by atoms with Gasteiger partial charge in [0.25, 0.3) is 0 Å². The van der Waals surface area contributed by atoms with Gasteiger partial charge in [-0.3, -0.25) is 23.2 Å². The van der Waals surface area contributed by atoms with Crippen molar-refractivity contribution in [2.24, 2.45) is 0 Å². The second-order valence-corrected chi connectivity index (χ2v) is 17.1. The molecule has 4 atom stereocenters. The van der Waals surface area contributed by atoms with Crippen LogP contribution in [-0.2, 0) is 41.8 Å². The third-order valence-corrected chi connectivity index (χ3v) is 10.2. The largest absolute Gasteiger partial charge is 0.472 e. The fraction of sp³-hybridized carbons (Fsp3) is 0.682. The average Bonchev–Trinajstić information content (AvgIpc) is 3.21. The molecule has 1 unspecified atom stereocenters. The van der Waals surface area contributed by atoms with Gasteiger partial charge in [-0.2, -0.15) is 0 Å². The van der Waals surface area contributed by atoms with Gasteiger partial charge in [0.2, 0.25) is 0 Å². The number of allylic oxidation sites excluding steroid dienone is 12. The van der Waals surface area contributed by atoms with Crippen molar-refractivity contribution >= 4 is 27.6 Å². The number of hydrogen-bond acceptors (Lipinski definition) is 11. The minimum atomic E-state index is -4.88. The van der Waals surface area contributed by atoms with Crippen LogP contribution in [0, 0.1) is 0 Å². The van der Waals surface area contributed by atoms with Crippen molar-refractivity contribution in [2.45, 2.75) is 167 Å². The quantitative estimate of drug-likeness (QED) is 0.0168. The van der Waals surface area contributed by atoms with Crippen LogP contribution < -0.4 is 0 Å². The van der Waals surface area contributed by atoms with Gasteiger partial charge in [-0.1, -0.05) is 119 Å². The third-order valence-electron chi connectivity index (χ3n) is 8.72. The maximum atomic E-state index is 12.6. The molecular formula is C44H76O14P2. The predicted molar refractivity (Wildman–Crippen MR) is 236 cm³/mol. The molecule has 0 aliphatic heterocycles. The van der Waals surface area contributed by atoms with Crippen LogP contribution in [0.3, 0.4) is 0 Å². The minimum Gasteiger partial charge on any atom is -0.462 e. The first-order valence-electron chi connectivity index (χ1n) is 21.7. The number of hydrogen-bond donors (Lipinski definition) is 5. The van der Waals surface area contributed by atoms with Crippen LogP contribution >= 0.6 is 15.6 Å². The standard InChI is InChI=1S/C44H76O14P2/c1-3-5-6-7-8-9-10-11-12-16-19-22-25-28-31-34-43(47)54-38-42(39-57-60(52,53)56-37-41(46)36-55-59(49,50)51)58-44(48)35-32-29-26-23-20-17-14-13-15-18-21-24-27-30-33-40(45)4-2/h8-9,11-12,14-15,17-18,23-24,26-27,40-42,45-46H,3-7,10,13,16,19-22,25,28-39H2,1-2H3,(H,52,53)(H2,49,50,51)/b9-8-,12-11-,17-14-,18-15-,26-23-,27-24-/t40-,41+,42-/m1/s1. The van der Waals surface area contributed by atoms with Gasteiger partial charge in [-0.15, -0.1) is 0 Å². The molecule has 0 aromatic carbocycles. The van der Waals surface area contributed by atoms with Crippen LogP contribution in [-0.4, -0.2) is 81.6 Å². The first-order valence-corrected chi connectivity index (χ1v) is 24.7. The number of phosphoric ester groups is 2. The molecule has 0 spiro atoms. The number of aliphatic hydroxyl groups is 2. The van der Waals surface area contributed by atoms with Gasteiger partial charge in [0.1, 0.15) is 12.7 Å². The predicted octanol–water partition coefficient (Wildman–Crippen LogP) is 9.98. The van der Waals surface area contributed by atoms with E-state index in [1.54, 1.807) is 0 Å². The number of aliphatic hydroxyl groups excluding tert-OH is 2. The van der Waals surface area contributed by atoms with Gasteiger partial charge >= 0.3 is 27.6 Å². The number of esters is 2. The Bertz CT molecular complexity index is 1350. The summed E-state index contributed by atoms with van der Waals surface area (Å²) in [6.45, 7) is 1.35. The fourth-order valence-electron chi connectivity index (χ4n) is 5.23. The highest BCUT2D eigenvalue weighted by Crippen LogP contribution is 2.43. The highest BCUT2D eigenvalue weighted by Gasteiger charge is 2.28. The molecule has 5 N–H and O–H groups in total. The van der Waals surface area contributed by atoms with Gasteiger partial charge in [-0.25, -0.2) is 9.13 Å². The van der Waals surface area contributed by atoms with E-state index in [1.807, 2.05) is 19.1 Å². The lowest BCUT2D eigenvalue weighted by molar-refractivity contribution is -0.161. The van der Waals surface area contributed by atoms with Crippen molar-refractivity contribution in [1.82, 2.24) is 0 Å². The lowest BCUT2D eigenvalue weighted by atomic mass is 10.1. The van der Waals surface area contributed by atoms with Crippen LogP contribution in [0.4, 0.5) is 0 Å². The number of unbranched alkanes of at least 4 members (excludes halogenated alkanes) is 9. The Morgan fingerprint density at radius 2 is 0.983 bits per heavy atom. The van der Waals surface area contributed by atoms with Crippen LogP contribution in [0.25, 0.3) is 0 Å². The summed E-state index contributed by atoms with van der Waals surface area (Å²) in [4.78, 5) is 52.6. The zero-order valence-corrected chi connectivity index (χ0v) is 37.9.